The standard InChI is InChI=1S/C13H12BrN7/c1-21-12(10(14)7-18-21)8-3-2-4-9(5-8)19-20-11(6-15)13(16)17/h2-5,7,19H,1H3,(H3,16,17)/b20-11+. The molecule has 1 aromatic carbocycles. The van der Waals surface area contributed by atoms with Crippen LogP contribution in [0.3, 0.4) is 0 Å². The molecule has 1 heterocycles. The zero-order valence-corrected chi connectivity index (χ0v) is 12.7. The molecule has 106 valence electrons. The van der Waals surface area contributed by atoms with Crippen molar-refractivity contribution in [2.45, 2.75) is 0 Å². The minimum absolute atomic E-state index is 0.165. The number of hydrogen-bond acceptors (Lipinski definition) is 5. The Morgan fingerprint density at radius 3 is 2.90 bits per heavy atom. The Labute approximate surface area is 129 Å². The van der Waals surface area contributed by atoms with E-state index in [2.05, 4.69) is 31.6 Å². The Balaban J connectivity index is 2.32. The number of nitriles is 1. The molecule has 0 aliphatic carbocycles. The summed E-state index contributed by atoms with van der Waals surface area (Å²) in [6, 6.07) is 9.20. The van der Waals surface area contributed by atoms with Gasteiger partial charge in [0, 0.05) is 12.6 Å². The highest BCUT2D eigenvalue weighted by molar-refractivity contribution is 9.10. The van der Waals surface area contributed by atoms with Crippen molar-refractivity contribution >= 4 is 33.2 Å². The first-order valence-electron chi connectivity index (χ1n) is 5.89. The molecule has 0 radical (unpaired) electrons. The highest BCUT2D eigenvalue weighted by Crippen LogP contribution is 2.29. The molecule has 0 aliphatic heterocycles. The van der Waals surface area contributed by atoms with Gasteiger partial charge in [-0.25, -0.2) is 0 Å². The minimum Gasteiger partial charge on any atom is -0.382 e. The van der Waals surface area contributed by atoms with Gasteiger partial charge in [0.2, 0.25) is 5.71 Å². The number of aromatic nitrogens is 2. The summed E-state index contributed by atoms with van der Waals surface area (Å²) < 4.78 is 2.63. The number of nitrogens with zero attached hydrogens (tertiary/aromatic N) is 4. The second-order valence-corrected chi connectivity index (χ2v) is 5.00. The second-order valence-electron chi connectivity index (χ2n) is 4.14. The van der Waals surface area contributed by atoms with Crippen LogP contribution in [-0.2, 0) is 7.05 Å². The fourth-order valence-corrected chi connectivity index (χ4v) is 2.31. The number of anilines is 1. The molecule has 8 heteroatoms. The molecule has 0 amide bonds. The number of hydrazone groups is 1. The summed E-state index contributed by atoms with van der Waals surface area (Å²) in [5.74, 6) is -0.379. The number of halogens is 1. The first kappa shape index (κ1) is 14.7. The highest BCUT2D eigenvalue weighted by Gasteiger charge is 2.09. The first-order valence-corrected chi connectivity index (χ1v) is 6.68. The number of nitrogens with two attached hydrogens (primary N) is 1. The van der Waals surface area contributed by atoms with Crippen molar-refractivity contribution in [3.05, 3.63) is 34.9 Å². The lowest BCUT2D eigenvalue weighted by Gasteiger charge is -2.06. The molecular formula is C13H12BrN7. The largest absolute Gasteiger partial charge is 0.382 e. The molecule has 7 nitrogen and oxygen atoms in total. The van der Waals surface area contributed by atoms with E-state index in [1.165, 1.54) is 0 Å². The van der Waals surface area contributed by atoms with E-state index in [0.29, 0.717) is 5.69 Å². The Bertz CT molecular complexity index is 735. The van der Waals surface area contributed by atoms with Crippen molar-refractivity contribution in [2.75, 3.05) is 5.43 Å². The lowest BCUT2D eigenvalue weighted by atomic mass is 10.1. The number of hydrogen-bond donors (Lipinski definition) is 3. The van der Waals surface area contributed by atoms with Crippen molar-refractivity contribution in [2.24, 2.45) is 17.9 Å². The molecule has 2 aromatic rings. The molecule has 0 spiro atoms. The third-order valence-corrected chi connectivity index (χ3v) is 3.27. The molecule has 0 unspecified atom stereocenters. The van der Waals surface area contributed by atoms with Crippen LogP contribution in [0.25, 0.3) is 11.3 Å². The van der Waals surface area contributed by atoms with Gasteiger partial charge in [-0.3, -0.25) is 15.5 Å². The van der Waals surface area contributed by atoms with E-state index in [0.717, 1.165) is 15.7 Å². The summed E-state index contributed by atoms with van der Waals surface area (Å²) in [7, 11) is 1.85. The Hall–Kier alpha value is -2.66. The topological polar surface area (TPSA) is 116 Å². The van der Waals surface area contributed by atoms with Gasteiger partial charge in [-0.1, -0.05) is 12.1 Å². The van der Waals surface area contributed by atoms with Crippen LogP contribution < -0.4 is 11.2 Å². The molecule has 1 aromatic heterocycles. The lowest BCUT2D eigenvalue weighted by molar-refractivity contribution is 0.776. The zero-order chi connectivity index (χ0) is 15.4. The number of amidine groups is 1. The fourth-order valence-electron chi connectivity index (χ4n) is 1.74. The van der Waals surface area contributed by atoms with E-state index in [9.17, 15) is 0 Å². The van der Waals surface area contributed by atoms with Crippen LogP contribution in [0.4, 0.5) is 5.69 Å². The predicted octanol–water partition coefficient (Wildman–Crippen LogP) is 2.08. The first-order chi connectivity index (χ1) is 10.0. The summed E-state index contributed by atoms with van der Waals surface area (Å²) in [5.41, 5.74) is 10.3. The van der Waals surface area contributed by atoms with Gasteiger partial charge in [0.15, 0.2) is 5.84 Å². The minimum atomic E-state index is -0.379. The summed E-state index contributed by atoms with van der Waals surface area (Å²) in [6.07, 6.45) is 1.72. The lowest BCUT2D eigenvalue weighted by Crippen LogP contribution is -2.21. The average Bonchev–Trinajstić information content (AvgIpc) is 2.79. The summed E-state index contributed by atoms with van der Waals surface area (Å²) >= 11 is 3.45. The third-order valence-electron chi connectivity index (χ3n) is 2.69. The van der Waals surface area contributed by atoms with E-state index in [1.54, 1.807) is 23.0 Å². The van der Waals surface area contributed by atoms with Crippen molar-refractivity contribution < 1.29 is 0 Å². The van der Waals surface area contributed by atoms with E-state index in [-0.39, 0.29) is 11.5 Å². The number of rotatable bonds is 4. The van der Waals surface area contributed by atoms with Crippen LogP contribution in [0.1, 0.15) is 0 Å². The Kier molecular flexibility index (Phi) is 4.35. The maximum atomic E-state index is 8.79. The third kappa shape index (κ3) is 3.27. The Morgan fingerprint density at radius 1 is 1.57 bits per heavy atom. The molecule has 0 fully saturated rings. The van der Waals surface area contributed by atoms with Gasteiger partial charge in [0.05, 0.1) is 22.1 Å². The van der Waals surface area contributed by atoms with Crippen LogP contribution >= 0.6 is 15.9 Å². The molecule has 2 rings (SSSR count). The van der Waals surface area contributed by atoms with Crippen molar-refractivity contribution in [1.29, 1.82) is 10.7 Å². The molecule has 0 aliphatic rings. The molecule has 0 saturated carbocycles. The van der Waals surface area contributed by atoms with Gasteiger partial charge < -0.3 is 5.73 Å². The van der Waals surface area contributed by atoms with Crippen molar-refractivity contribution in [1.82, 2.24) is 9.78 Å². The zero-order valence-electron chi connectivity index (χ0n) is 11.1. The van der Waals surface area contributed by atoms with Crippen LogP contribution in [0.5, 0.6) is 0 Å². The molecule has 21 heavy (non-hydrogen) atoms. The van der Waals surface area contributed by atoms with Crippen LogP contribution in [0.15, 0.2) is 40.0 Å². The second kappa shape index (κ2) is 6.19. The van der Waals surface area contributed by atoms with E-state index in [1.807, 2.05) is 25.2 Å². The van der Waals surface area contributed by atoms with Crippen LogP contribution in [0, 0.1) is 16.7 Å². The highest BCUT2D eigenvalue weighted by atomic mass is 79.9. The van der Waals surface area contributed by atoms with Gasteiger partial charge in [-0.2, -0.15) is 15.5 Å². The van der Waals surface area contributed by atoms with Gasteiger partial charge >= 0.3 is 0 Å². The van der Waals surface area contributed by atoms with E-state index in [4.69, 9.17) is 16.4 Å². The van der Waals surface area contributed by atoms with Gasteiger partial charge in [0.1, 0.15) is 6.07 Å². The Morgan fingerprint density at radius 2 is 2.33 bits per heavy atom. The van der Waals surface area contributed by atoms with Gasteiger partial charge in [0.25, 0.3) is 0 Å². The SMILES string of the molecule is Cn1ncc(Br)c1-c1cccc(N/N=C(\C#N)C(=N)N)c1. The van der Waals surface area contributed by atoms with E-state index >= 15 is 0 Å². The maximum absolute atomic E-state index is 8.79. The molecular weight excluding hydrogens is 334 g/mol. The number of nitrogens with one attached hydrogen (secondary N) is 2. The summed E-state index contributed by atoms with van der Waals surface area (Å²) in [5, 5.41) is 24.0. The quantitative estimate of drug-likeness (QED) is 0.446. The van der Waals surface area contributed by atoms with Crippen molar-refractivity contribution in [3.63, 3.8) is 0 Å². The smallest absolute Gasteiger partial charge is 0.201 e. The van der Waals surface area contributed by atoms with Gasteiger partial charge in [-0.15, -0.1) is 0 Å². The molecule has 0 atom stereocenters. The molecule has 0 bridgehead atoms. The predicted molar refractivity (Wildman–Crippen MR) is 84.9 cm³/mol. The monoisotopic (exact) mass is 345 g/mol. The number of benzene rings is 1. The van der Waals surface area contributed by atoms with Crippen LogP contribution in [-0.4, -0.2) is 21.3 Å². The summed E-state index contributed by atoms with van der Waals surface area (Å²) in [6.45, 7) is 0. The molecule has 4 N–H and O–H groups in total. The fraction of sp³-hybridized carbons (Fsp3) is 0.0769. The maximum Gasteiger partial charge on any atom is 0.201 e. The number of aryl methyl sites for hydroxylation is 1. The normalized spacial score (nSPS) is 11.0. The van der Waals surface area contributed by atoms with Crippen LogP contribution in [0.2, 0.25) is 0 Å². The van der Waals surface area contributed by atoms with Gasteiger partial charge in [-0.05, 0) is 28.1 Å². The summed E-state index contributed by atoms with van der Waals surface area (Å²) in [4.78, 5) is 0. The molecule has 0 saturated heterocycles. The van der Waals surface area contributed by atoms with Crippen molar-refractivity contribution in [3.8, 4) is 17.3 Å². The van der Waals surface area contributed by atoms with E-state index < -0.39 is 0 Å². The average molecular weight is 346 g/mol.